The van der Waals surface area contributed by atoms with Gasteiger partial charge in [0.2, 0.25) is 5.89 Å². The van der Waals surface area contributed by atoms with Gasteiger partial charge in [0, 0.05) is 0 Å². The van der Waals surface area contributed by atoms with Crippen LogP contribution in [0.25, 0.3) is 0 Å². The molecule has 0 saturated carbocycles. The monoisotopic (exact) mass is 241 g/mol. The number of nitrogens with zero attached hydrogens (tertiary/aromatic N) is 2. The zero-order valence-corrected chi connectivity index (χ0v) is 8.07. The Morgan fingerprint density at radius 1 is 1.50 bits per heavy atom. The van der Waals surface area contributed by atoms with Gasteiger partial charge in [0.05, 0.1) is 6.61 Å². The summed E-state index contributed by atoms with van der Waals surface area (Å²) in [5.41, 5.74) is 5.34. The Kier molecular flexibility index (Phi) is 4.21. The van der Waals surface area contributed by atoms with Crippen LogP contribution in [-0.2, 0) is 11.3 Å². The predicted octanol–water partition coefficient (Wildman–Crippen LogP) is 0.141. The van der Waals surface area contributed by atoms with Gasteiger partial charge in [-0.25, -0.2) is 0 Å². The molecule has 6 nitrogen and oxygen atoms in total. The minimum atomic E-state index is -4.39. The molecule has 0 spiro atoms. The number of hydrogen-bond acceptors (Lipinski definition) is 6. The number of hydrogen-bond donors (Lipinski definition) is 2. The van der Waals surface area contributed by atoms with Gasteiger partial charge >= 0.3 is 6.18 Å². The molecule has 0 aliphatic rings. The van der Waals surface area contributed by atoms with Crippen LogP contribution in [0, 0.1) is 0 Å². The highest BCUT2D eigenvalue weighted by Gasteiger charge is 2.27. The van der Waals surface area contributed by atoms with E-state index in [4.69, 9.17) is 10.8 Å². The molecular formula is C7H10F3N3O3. The molecule has 1 atom stereocenters. The molecule has 0 fully saturated rings. The van der Waals surface area contributed by atoms with E-state index in [1.807, 2.05) is 0 Å². The molecule has 1 aromatic rings. The Hall–Kier alpha value is -1.19. The Morgan fingerprint density at radius 2 is 2.19 bits per heavy atom. The fraction of sp³-hybridized carbons (Fsp3) is 0.714. The number of alkyl halides is 3. The standard InChI is InChI=1S/C7H10F3N3O3/c8-7(9,10)3-15-2-5-12-6(16-13-5)4(11)1-14/h4,14H,1-3,11H2/t4-/m0/s1. The highest BCUT2D eigenvalue weighted by Crippen LogP contribution is 2.15. The number of aliphatic hydroxyl groups excluding tert-OH is 1. The lowest BCUT2D eigenvalue weighted by molar-refractivity contribution is -0.177. The first-order chi connectivity index (χ1) is 7.42. The number of halogens is 3. The maximum absolute atomic E-state index is 11.7. The summed E-state index contributed by atoms with van der Waals surface area (Å²) in [5.74, 6) is -0.101. The zero-order chi connectivity index (χ0) is 12.2. The topological polar surface area (TPSA) is 94.4 Å². The van der Waals surface area contributed by atoms with Gasteiger partial charge in [-0.05, 0) is 0 Å². The third-order valence-corrected chi connectivity index (χ3v) is 1.49. The van der Waals surface area contributed by atoms with Crippen LogP contribution in [0.15, 0.2) is 4.52 Å². The van der Waals surface area contributed by atoms with Gasteiger partial charge < -0.3 is 20.1 Å². The van der Waals surface area contributed by atoms with Gasteiger partial charge in [0.15, 0.2) is 5.82 Å². The van der Waals surface area contributed by atoms with Gasteiger partial charge in [-0.3, -0.25) is 0 Å². The summed E-state index contributed by atoms with van der Waals surface area (Å²) < 4.78 is 44.0. The average molecular weight is 241 g/mol. The summed E-state index contributed by atoms with van der Waals surface area (Å²) in [7, 11) is 0. The molecule has 0 aliphatic carbocycles. The van der Waals surface area contributed by atoms with E-state index in [0.29, 0.717) is 0 Å². The van der Waals surface area contributed by atoms with Crippen molar-refractivity contribution in [1.29, 1.82) is 0 Å². The molecule has 0 aromatic carbocycles. The minimum absolute atomic E-state index is 0.0480. The van der Waals surface area contributed by atoms with Gasteiger partial charge in [0.1, 0.15) is 19.3 Å². The molecule has 16 heavy (non-hydrogen) atoms. The fourth-order valence-electron chi connectivity index (χ4n) is 0.813. The Bertz CT molecular complexity index is 328. The largest absolute Gasteiger partial charge is 0.411 e. The third-order valence-electron chi connectivity index (χ3n) is 1.49. The summed E-state index contributed by atoms with van der Waals surface area (Å²) >= 11 is 0. The van der Waals surface area contributed by atoms with E-state index in [-0.39, 0.29) is 11.7 Å². The SMILES string of the molecule is N[C@@H](CO)c1nc(COCC(F)(F)F)no1. The highest BCUT2D eigenvalue weighted by molar-refractivity contribution is 4.90. The average Bonchev–Trinajstić information content (AvgIpc) is 2.63. The van der Waals surface area contributed by atoms with E-state index in [1.54, 1.807) is 0 Å². The Labute approximate surface area is 88.2 Å². The first-order valence-corrected chi connectivity index (χ1v) is 4.26. The maximum atomic E-state index is 11.7. The van der Waals surface area contributed by atoms with E-state index >= 15 is 0 Å². The van der Waals surface area contributed by atoms with Crippen molar-refractivity contribution in [2.75, 3.05) is 13.2 Å². The van der Waals surface area contributed by atoms with E-state index in [9.17, 15) is 13.2 Å². The highest BCUT2D eigenvalue weighted by atomic mass is 19.4. The second-order valence-electron chi connectivity index (χ2n) is 2.95. The number of aliphatic hydroxyl groups is 1. The van der Waals surface area contributed by atoms with Crippen LogP contribution in [-0.4, -0.2) is 34.6 Å². The normalized spacial score (nSPS) is 14.1. The molecule has 0 unspecified atom stereocenters. The van der Waals surface area contributed by atoms with Crippen molar-refractivity contribution in [3.05, 3.63) is 11.7 Å². The van der Waals surface area contributed by atoms with Crippen molar-refractivity contribution in [3.8, 4) is 0 Å². The molecular weight excluding hydrogens is 231 g/mol. The number of aromatic nitrogens is 2. The quantitative estimate of drug-likeness (QED) is 0.761. The number of rotatable bonds is 5. The first kappa shape index (κ1) is 12.9. The van der Waals surface area contributed by atoms with Crippen molar-refractivity contribution in [1.82, 2.24) is 10.1 Å². The smallest absolute Gasteiger partial charge is 0.394 e. The van der Waals surface area contributed by atoms with Gasteiger partial charge in [-0.1, -0.05) is 5.16 Å². The molecule has 0 bridgehead atoms. The van der Waals surface area contributed by atoms with Crippen LogP contribution in [0.2, 0.25) is 0 Å². The second-order valence-corrected chi connectivity index (χ2v) is 2.95. The first-order valence-electron chi connectivity index (χ1n) is 4.26. The van der Waals surface area contributed by atoms with Gasteiger partial charge in [-0.2, -0.15) is 18.2 Å². The molecule has 1 aromatic heterocycles. The Morgan fingerprint density at radius 3 is 2.75 bits per heavy atom. The summed E-state index contributed by atoms with van der Waals surface area (Å²) in [6.45, 7) is -2.21. The van der Waals surface area contributed by atoms with Crippen molar-refractivity contribution in [2.24, 2.45) is 5.73 Å². The predicted molar refractivity (Wildman–Crippen MR) is 44.0 cm³/mol. The summed E-state index contributed by atoms with van der Waals surface area (Å²) in [6, 6.07) is -0.844. The summed E-state index contributed by atoms with van der Waals surface area (Å²) in [6.07, 6.45) is -4.39. The third kappa shape index (κ3) is 4.13. The van der Waals surface area contributed by atoms with E-state index in [2.05, 4.69) is 19.4 Å². The molecule has 92 valence electrons. The zero-order valence-electron chi connectivity index (χ0n) is 8.07. The van der Waals surface area contributed by atoms with Crippen molar-refractivity contribution in [3.63, 3.8) is 0 Å². The van der Waals surface area contributed by atoms with Crippen molar-refractivity contribution < 1.29 is 27.5 Å². The van der Waals surface area contributed by atoms with Gasteiger partial charge in [0.25, 0.3) is 0 Å². The minimum Gasteiger partial charge on any atom is -0.394 e. The summed E-state index contributed by atoms with van der Waals surface area (Å²) in [4.78, 5) is 3.65. The molecule has 0 aliphatic heterocycles. The number of nitrogens with two attached hydrogens (primary N) is 1. The lowest BCUT2D eigenvalue weighted by atomic mass is 10.3. The van der Waals surface area contributed by atoms with Crippen LogP contribution >= 0.6 is 0 Å². The maximum Gasteiger partial charge on any atom is 0.411 e. The van der Waals surface area contributed by atoms with Crippen LogP contribution in [0.5, 0.6) is 0 Å². The van der Waals surface area contributed by atoms with Crippen LogP contribution in [0.1, 0.15) is 17.8 Å². The second kappa shape index (κ2) is 5.23. The lowest BCUT2D eigenvalue weighted by Crippen LogP contribution is -2.17. The van der Waals surface area contributed by atoms with Crippen LogP contribution < -0.4 is 5.73 Å². The van der Waals surface area contributed by atoms with E-state index in [1.165, 1.54) is 0 Å². The molecule has 1 rings (SSSR count). The molecule has 0 amide bonds. The molecule has 0 radical (unpaired) electrons. The van der Waals surface area contributed by atoms with Crippen molar-refractivity contribution in [2.45, 2.75) is 18.8 Å². The Balaban J connectivity index is 2.41. The number of ether oxygens (including phenoxy) is 1. The van der Waals surface area contributed by atoms with E-state index < -0.39 is 32.0 Å². The molecule has 1 heterocycles. The van der Waals surface area contributed by atoms with Crippen molar-refractivity contribution >= 4 is 0 Å². The fourth-order valence-corrected chi connectivity index (χ4v) is 0.813. The van der Waals surface area contributed by atoms with Crippen LogP contribution in [0.3, 0.4) is 0 Å². The van der Waals surface area contributed by atoms with Gasteiger partial charge in [-0.15, -0.1) is 0 Å². The summed E-state index contributed by atoms with van der Waals surface area (Å²) in [5, 5.41) is 12.0. The van der Waals surface area contributed by atoms with Crippen LogP contribution in [0.4, 0.5) is 13.2 Å². The molecule has 0 saturated heterocycles. The lowest BCUT2D eigenvalue weighted by Gasteiger charge is -2.04. The van der Waals surface area contributed by atoms with E-state index in [0.717, 1.165) is 0 Å². The molecule has 3 N–H and O–H groups in total. The molecule has 9 heteroatoms.